The van der Waals surface area contributed by atoms with Crippen LogP contribution in [0.15, 0.2) is 54.9 Å². The summed E-state index contributed by atoms with van der Waals surface area (Å²) in [6, 6.07) is 13.6. The summed E-state index contributed by atoms with van der Waals surface area (Å²) in [5, 5.41) is 6.48. The minimum absolute atomic E-state index is 0.00637. The van der Waals surface area contributed by atoms with E-state index in [0.29, 0.717) is 25.1 Å². The van der Waals surface area contributed by atoms with Gasteiger partial charge in [-0.3, -0.25) is 14.6 Å². The Balaban J connectivity index is 1.70. The molecule has 2 heterocycles. The van der Waals surface area contributed by atoms with Crippen LogP contribution in [-0.2, 0) is 11.2 Å². The summed E-state index contributed by atoms with van der Waals surface area (Å²) in [5.74, 6) is -0.362. The van der Waals surface area contributed by atoms with E-state index in [2.05, 4.69) is 20.6 Å². The number of rotatable bonds is 7. The van der Waals surface area contributed by atoms with Crippen LogP contribution in [0.2, 0.25) is 0 Å². The molecule has 0 spiro atoms. The van der Waals surface area contributed by atoms with Crippen molar-refractivity contribution in [3.05, 3.63) is 66.1 Å². The number of Topliss-reactive ketones (excluding diaryl/α,β-unsaturated/α-hetero) is 1. The van der Waals surface area contributed by atoms with Crippen LogP contribution in [0.4, 0.5) is 11.4 Å². The lowest BCUT2D eigenvalue weighted by molar-refractivity contribution is -0.134. The number of likely N-dealkylation sites (N-methyl/N-ethyl adjacent to an activating group) is 2. The van der Waals surface area contributed by atoms with Crippen molar-refractivity contribution >= 4 is 23.1 Å². The van der Waals surface area contributed by atoms with Crippen LogP contribution < -0.4 is 10.6 Å². The maximum atomic E-state index is 13.2. The van der Waals surface area contributed by atoms with Crippen LogP contribution in [0.25, 0.3) is 11.3 Å². The Morgan fingerprint density at radius 1 is 1.16 bits per heavy atom. The lowest BCUT2D eigenvalue weighted by Crippen LogP contribution is -2.40. The highest BCUT2D eigenvalue weighted by atomic mass is 16.2. The highest BCUT2D eigenvalue weighted by Crippen LogP contribution is 2.40. The van der Waals surface area contributed by atoms with E-state index in [0.717, 1.165) is 28.3 Å². The van der Waals surface area contributed by atoms with Gasteiger partial charge in [-0.15, -0.1) is 0 Å². The summed E-state index contributed by atoms with van der Waals surface area (Å²) >= 11 is 0. The topological polar surface area (TPSA) is 90.1 Å². The number of amides is 1. The molecule has 4 rings (SSSR count). The molecular formula is C24H27N5O2. The Bertz CT molecular complexity index is 1060. The van der Waals surface area contributed by atoms with Crippen molar-refractivity contribution in [3.63, 3.8) is 0 Å². The predicted octanol–water partition coefficient (Wildman–Crippen LogP) is 3.24. The fraction of sp³-hybridized carbons (Fsp3) is 0.292. The molecule has 2 aromatic heterocycles. The van der Waals surface area contributed by atoms with Crippen molar-refractivity contribution in [2.75, 3.05) is 32.5 Å². The number of H-pyrrole nitrogens is 1. The number of benzene rings is 1. The molecule has 0 radical (unpaired) electrons. The van der Waals surface area contributed by atoms with Crippen molar-refractivity contribution in [2.24, 2.45) is 5.92 Å². The number of hydrogen-bond acceptors (Lipinski definition) is 5. The van der Waals surface area contributed by atoms with E-state index in [1.54, 1.807) is 24.3 Å². The van der Waals surface area contributed by atoms with E-state index in [9.17, 15) is 9.59 Å². The summed E-state index contributed by atoms with van der Waals surface area (Å²) in [4.78, 5) is 35.4. The van der Waals surface area contributed by atoms with Crippen molar-refractivity contribution in [1.29, 1.82) is 0 Å². The predicted molar refractivity (Wildman–Crippen MR) is 121 cm³/mol. The van der Waals surface area contributed by atoms with Crippen molar-refractivity contribution < 1.29 is 9.59 Å². The molecule has 1 amide bonds. The standard InChI is InChI=1S/C24H27N5O2/c1-25-12-13-29(2)24(31)17-14-19-21(20(30)15-17)23(27-18-6-4-3-5-7-18)22(28-19)16-8-10-26-11-9-16/h3-11,17,25,27-28H,12-15H2,1-2H3. The third-order valence-corrected chi connectivity index (χ3v) is 5.67. The lowest BCUT2D eigenvalue weighted by atomic mass is 9.85. The van der Waals surface area contributed by atoms with Crippen molar-refractivity contribution in [3.8, 4) is 11.3 Å². The third-order valence-electron chi connectivity index (χ3n) is 5.67. The van der Waals surface area contributed by atoms with Crippen LogP contribution in [-0.4, -0.2) is 53.7 Å². The van der Waals surface area contributed by atoms with Crippen LogP contribution in [0.1, 0.15) is 22.5 Å². The molecular weight excluding hydrogens is 390 g/mol. The van der Waals surface area contributed by atoms with Crippen molar-refractivity contribution in [1.82, 2.24) is 20.2 Å². The number of carbonyl (C=O) groups is 2. The first kappa shape index (κ1) is 20.8. The molecule has 160 valence electrons. The molecule has 0 fully saturated rings. The van der Waals surface area contributed by atoms with Gasteiger partial charge in [0.05, 0.1) is 22.9 Å². The number of para-hydroxylation sites is 1. The van der Waals surface area contributed by atoms with E-state index < -0.39 is 0 Å². The van der Waals surface area contributed by atoms with Gasteiger partial charge in [0.15, 0.2) is 5.78 Å². The third kappa shape index (κ3) is 4.36. The fourth-order valence-electron chi connectivity index (χ4n) is 4.06. The summed E-state index contributed by atoms with van der Waals surface area (Å²) in [7, 11) is 3.65. The molecule has 31 heavy (non-hydrogen) atoms. The summed E-state index contributed by atoms with van der Waals surface area (Å²) in [5.41, 5.74) is 4.88. The largest absolute Gasteiger partial charge is 0.356 e. The van der Waals surface area contributed by atoms with Crippen LogP contribution in [0.5, 0.6) is 0 Å². The normalized spacial score (nSPS) is 15.4. The molecule has 0 saturated carbocycles. The molecule has 1 unspecified atom stereocenters. The maximum Gasteiger partial charge on any atom is 0.226 e. The molecule has 1 aliphatic rings. The van der Waals surface area contributed by atoms with Crippen LogP contribution in [0, 0.1) is 5.92 Å². The number of fused-ring (bicyclic) bond motifs is 1. The van der Waals surface area contributed by atoms with Gasteiger partial charge in [-0.1, -0.05) is 18.2 Å². The first-order valence-corrected chi connectivity index (χ1v) is 10.5. The molecule has 3 N–H and O–H groups in total. The monoisotopic (exact) mass is 417 g/mol. The van der Waals surface area contributed by atoms with E-state index >= 15 is 0 Å². The first-order chi connectivity index (χ1) is 15.1. The number of ketones is 1. The molecule has 1 aromatic carbocycles. The maximum absolute atomic E-state index is 13.2. The van der Waals surface area contributed by atoms with Gasteiger partial charge in [0.1, 0.15) is 0 Å². The summed E-state index contributed by atoms with van der Waals surface area (Å²) < 4.78 is 0. The van der Waals surface area contributed by atoms with E-state index in [4.69, 9.17) is 0 Å². The van der Waals surface area contributed by atoms with E-state index in [1.165, 1.54) is 0 Å². The first-order valence-electron chi connectivity index (χ1n) is 10.5. The van der Waals surface area contributed by atoms with Gasteiger partial charge in [0.25, 0.3) is 0 Å². The molecule has 0 bridgehead atoms. The van der Waals surface area contributed by atoms with Gasteiger partial charge in [0, 0.05) is 62.3 Å². The van der Waals surface area contributed by atoms with Gasteiger partial charge in [-0.2, -0.15) is 0 Å². The van der Waals surface area contributed by atoms with Gasteiger partial charge in [0.2, 0.25) is 5.91 Å². The van der Waals surface area contributed by atoms with E-state index in [-0.39, 0.29) is 24.0 Å². The molecule has 3 aromatic rings. The molecule has 1 aliphatic carbocycles. The number of nitrogens with zero attached hydrogens (tertiary/aromatic N) is 2. The minimum Gasteiger partial charge on any atom is -0.356 e. The summed E-state index contributed by atoms with van der Waals surface area (Å²) in [6.45, 7) is 1.33. The van der Waals surface area contributed by atoms with Crippen molar-refractivity contribution in [2.45, 2.75) is 12.8 Å². The number of anilines is 2. The Morgan fingerprint density at radius 2 is 1.90 bits per heavy atom. The number of hydrogen-bond donors (Lipinski definition) is 3. The lowest BCUT2D eigenvalue weighted by Gasteiger charge is -2.26. The molecule has 7 heteroatoms. The highest BCUT2D eigenvalue weighted by Gasteiger charge is 2.35. The second kappa shape index (κ2) is 9.14. The average Bonchev–Trinajstić information content (AvgIpc) is 3.17. The smallest absolute Gasteiger partial charge is 0.226 e. The molecule has 0 aliphatic heterocycles. The number of aromatic amines is 1. The zero-order valence-electron chi connectivity index (χ0n) is 17.8. The average molecular weight is 418 g/mol. The van der Waals surface area contributed by atoms with Gasteiger partial charge in [-0.05, 0) is 31.3 Å². The Morgan fingerprint density at radius 3 is 2.61 bits per heavy atom. The second-order valence-corrected chi connectivity index (χ2v) is 7.85. The zero-order chi connectivity index (χ0) is 21.8. The zero-order valence-corrected chi connectivity index (χ0v) is 17.8. The van der Waals surface area contributed by atoms with Crippen LogP contribution in [0.3, 0.4) is 0 Å². The number of carbonyl (C=O) groups excluding carboxylic acids is 2. The SMILES string of the molecule is CNCCN(C)C(=O)C1CC(=O)c2c([nH]c(-c3ccncc3)c2Nc2ccccc2)C1. The Hall–Kier alpha value is -3.45. The molecule has 7 nitrogen and oxygen atoms in total. The Kier molecular flexibility index (Phi) is 6.13. The van der Waals surface area contributed by atoms with Gasteiger partial charge >= 0.3 is 0 Å². The van der Waals surface area contributed by atoms with Gasteiger partial charge < -0.3 is 20.5 Å². The molecule has 1 atom stereocenters. The summed E-state index contributed by atoms with van der Waals surface area (Å²) in [6.07, 6.45) is 4.18. The quantitative estimate of drug-likeness (QED) is 0.549. The Labute approximate surface area is 181 Å². The molecule has 0 saturated heterocycles. The number of nitrogens with one attached hydrogen (secondary N) is 3. The van der Waals surface area contributed by atoms with E-state index in [1.807, 2.05) is 49.5 Å². The highest BCUT2D eigenvalue weighted by molar-refractivity contribution is 6.09. The number of pyridine rings is 1. The second-order valence-electron chi connectivity index (χ2n) is 7.85. The minimum atomic E-state index is -0.352. The van der Waals surface area contributed by atoms with Gasteiger partial charge in [-0.25, -0.2) is 0 Å². The fourth-order valence-corrected chi connectivity index (χ4v) is 4.06. The number of aromatic nitrogens is 2. The van der Waals surface area contributed by atoms with Crippen LogP contribution >= 0.6 is 0 Å².